The third-order valence-corrected chi connectivity index (χ3v) is 8.34. The van der Waals surface area contributed by atoms with Crippen molar-refractivity contribution < 1.29 is 47.4 Å². The lowest BCUT2D eigenvalue weighted by Gasteiger charge is -2.48. The zero-order chi connectivity index (χ0) is 38.2. The maximum atomic E-state index is 6.80. The second-order valence-corrected chi connectivity index (χ2v) is 17.7. The molecule has 10 heteroatoms. The molecule has 2 saturated heterocycles. The van der Waals surface area contributed by atoms with Gasteiger partial charge in [0.25, 0.3) is 0 Å². The molecule has 2 fully saturated rings. The average molecular weight is 733 g/mol. The lowest BCUT2D eigenvalue weighted by Crippen LogP contribution is -2.64. The first kappa shape index (κ1) is 46.8. The van der Waals surface area contributed by atoms with E-state index in [1.807, 2.05) is 0 Å². The third kappa shape index (κ3) is 16.9. The molecule has 51 heavy (non-hydrogen) atoms. The van der Waals surface area contributed by atoms with Crippen LogP contribution in [0.15, 0.2) is 0 Å². The van der Waals surface area contributed by atoms with Crippen LogP contribution < -0.4 is 0 Å². The molecule has 0 aromatic carbocycles. The van der Waals surface area contributed by atoms with E-state index in [4.69, 9.17) is 47.4 Å². The van der Waals surface area contributed by atoms with Gasteiger partial charge >= 0.3 is 0 Å². The summed E-state index contributed by atoms with van der Waals surface area (Å²) >= 11 is 0. The minimum atomic E-state index is -0.709. The van der Waals surface area contributed by atoms with Crippen molar-refractivity contribution in [1.29, 1.82) is 0 Å². The van der Waals surface area contributed by atoms with E-state index < -0.39 is 43.1 Å². The van der Waals surface area contributed by atoms with Gasteiger partial charge in [0.2, 0.25) is 0 Å². The van der Waals surface area contributed by atoms with Crippen molar-refractivity contribution in [2.75, 3.05) is 52.9 Å². The van der Waals surface area contributed by atoms with Crippen LogP contribution in [0.3, 0.4) is 0 Å². The van der Waals surface area contributed by atoms with E-state index in [0.717, 1.165) is 6.42 Å². The zero-order valence-corrected chi connectivity index (χ0v) is 35.3. The summed E-state index contributed by atoms with van der Waals surface area (Å²) in [6.45, 7) is 36.2. The fourth-order valence-electron chi connectivity index (χ4n) is 5.92. The fraction of sp³-hybridized carbons (Fsp3) is 1.00. The molecule has 10 atom stereocenters. The zero-order valence-electron chi connectivity index (χ0n) is 35.3. The van der Waals surface area contributed by atoms with Crippen molar-refractivity contribution in [3.8, 4) is 0 Å². The predicted molar refractivity (Wildman–Crippen MR) is 202 cm³/mol. The van der Waals surface area contributed by atoms with Crippen molar-refractivity contribution in [3.63, 3.8) is 0 Å². The molecule has 0 unspecified atom stereocenters. The highest BCUT2D eigenvalue weighted by Gasteiger charge is 2.52. The minimum absolute atomic E-state index is 0.180. The summed E-state index contributed by atoms with van der Waals surface area (Å²) in [4.78, 5) is 0. The molecule has 0 radical (unpaired) electrons. The highest BCUT2D eigenvalue weighted by molar-refractivity contribution is 4.96. The number of rotatable bonds is 25. The average Bonchev–Trinajstić information content (AvgIpc) is 3.04. The molecule has 10 nitrogen and oxygen atoms in total. The quantitative estimate of drug-likeness (QED) is 0.0927. The second kappa shape index (κ2) is 24.2. The van der Waals surface area contributed by atoms with Gasteiger partial charge in [0, 0.05) is 39.6 Å². The predicted octanol–water partition coefficient (Wildman–Crippen LogP) is 7.78. The van der Waals surface area contributed by atoms with Gasteiger partial charge in [0.15, 0.2) is 12.6 Å². The van der Waals surface area contributed by atoms with E-state index in [1.54, 1.807) is 0 Å². The Morgan fingerprint density at radius 1 is 0.333 bits per heavy atom. The molecule has 2 aliphatic heterocycles. The van der Waals surface area contributed by atoms with Crippen LogP contribution in [0.4, 0.5) is 0 Å². The van der Waals surface area contributed by atoms with Crippen molar-refractivity contribution in [1.82, 2.24) is 0 Å². The third-order valence-electron chi connectivity index (χ3n) is 8.34. The maximum absolute atomic E-state index is 6.80. The van der Waals surface area contributed by atoms with Crippen LogP contribution in [-0.2, 0) is 47.4 Å². The van der Waals surface area contributed by atoms with Crippen LogP contribution in [0.1, 0.15) is 110 Å². The Morgan fingerprint density at radius 3 is 0.961 bits per heavy atom. The second-order valence-electron chi connectivity index (χ2n) is 17.7. The molecule has 0 aromatic heterocycles. The Balaban J connectivity index is 2.51. The smallest absolute Gasteiger partial charge is 0.186 e. The van der Waals surface area contributed by atoms with Crippen LogP contribution in [0.5, 0.6) is 0 Å². The molecule has 0 bridgehead atoms. The SMILES string of the molecule is CC[C@H]1O[C@H](OC[C@H]2O[C@H](OCC(C)C)[C@H](OCC(C)C)[C@@H](OCC(C)C)[C@@H]2OCC(C)C)[C@H](OCC(C)C)[C@@H](OCC(C)C)[C@@H]1OCC(C)C. The first-order valence-electron chi connectivity index (χ1n) is 20.3. The van der Waals surface area contributed by atoms with Gasteiger partial charge in [-0.2, -0.15) is 0 Å². The standard InChI is InChI=1S/C41H80O10/c1-16-32-34(42-17-25(2)3)36(44-19-27(6)7)38(46-21-29(10)11)41(50-32)49-24-33-35(43-18-26(4)5)37(45-20-28(8)9)39(47-22-30(12)13)40(51-33)48-23-31(14)15/h25-41H,16-24H2,1-15H3/t32-,33-,34-,35-,36+,37+,38-,39-,40+,41+/m1/s1. The molecule has 2 heterocycles. The van der Waals surface area contributed by atoms with Gasteiger partial charge in [0.05, 0.1) is 19.3 Å². The molecule has 0 aromatic rings. The van der Waals surface area contributed by atoms with Gasteiger partial charge in [-0.15, -0.1) is 0 Å². The van der Waals surface area contributed by atoms with Crippen molar-refractivity contribution in [2.45, 2.75) is 172 Å². The number of hydrogen-bond acceptors (Lipinski definition) is 10. The lowest BCUT2D eigenvalue weighted by molar-refractivity contribution is -0.350. The van der Waals surface area contributed by atoms with Crippen LogP contribution in [0, 0.1) is 41.4 Å². The van der Waals surface area contributed by atoms with Crippen molar-refractivity contribution in [3.05, 3.63) is 0 Å². The molecule has 0 aliphatic carbocycles. The molecule has 304 valence electrons. The lowest BCUT2D eigenvalue weighted by atomic mass is 9.95. The normalized spacial score (nSPS) is 30.7. The number of ether oxygens (including phenoxy) is 10. The topological polar surface area (TPSA) is 92.3 Å². The maximum Gasteiger partial charge on any atom is 0.186 e. The fourth-order valence-corrected chi connectivity index (χ4v) is 5.92. The van der Waals surface area contributed by atoms with Gasteiger partial charge in [-0.05, 0) is 47.8 Å². The van der Waals surface area contributed by atoms with Gasteiger partial charge in [-0.25, -0.2) is 0 Å². The van der Waals surface area contributed by atoms with E-state index in [9.17, 15) is 0 Å². The summed E-state index contributed by atoms with van der Waals surface area (Å²) in [5.74, 6) is 2.30. The molecule has 0 amide bonds. The van der Waals surface area contributed by atoms with Crippen molar-refractivity contribution in [2.24, 2.45) is 41.4 Å². The van der Waals surface area contributed by atoms with Crippen LogP contribution >= 0.6 is 0 Å². The van der Waals surface area contributed by atoms with Gasteiger partial charge < -0.3 is 47.4 Å². The molecule has 2 rings (SSSR count). The van der Waals surface area contributed by atoms with Gasteiger partial charge in [-0.1, -0.05) is 104 Å². The molecule has 2 aliphatic rings. The Labute approximate surface area is 312 Å². The highest BCUT2D eigenvalue weighted by Crippen LogP contribution is 2.34. The highest BCUT2D eigenvalue weighted by atomic mass is 16.7. The molecule has 0 spiro atoms. The summed E-state index contributed by atoms with van der Waals surface area (Å²) in [6, 6.07) is 0. The van der Waals surface area contributed by atoms with E-state index in [2.05, 4.69) is 104 Å². The summed E-state index contributed by atoms with van der Waals surface area (Å²) < 4.78 is 66.5. The largest absolute Gasteiger partial charge is 0.372 e. The summed E-state index contributed by atoms with van der Waals surface area (Å²) in [7, 11) is 0. The van der Waals surface area contributed by atoms with Crippen LogP contribution in [0.25, 0.3) is 0 Å². The van der Waals surface area contributed by atoms with E-state index in [1.165, 1.54) is 0 Å². The van der Waals surface area contributed by atoms with Gasteiger partial charge in [-0.3, -0.25) is 0 Å². The summed E-state index contributed by atoms with van der Waals surface area (Å²) in [5.41, 5.74) is 0. The molecule has 0 N–H and O–H groups in total. The van der Waals surface area contributed by atoms with Crippen LogP contribution in [-0.4, -0.2) is 114 Å². The Hall–Kier alpha value is -0.400. The first-order valence-corrected chi connectivity index (χ1v) is 20.3. The van der Waals surface area contributed by atoms with E-state index in [0.29, 0.717) is 87.7 Å². The van der Waals surface area contributed by atoms with Crippen LogP contribution in [0.2, 0.25) is 0 Å². The first-order chi connectivity index (χ1) is 24.0. The summed E-state index contributed by atoms with van der Waals surface area (Å²) in [5, 5.41) is 0. The van der Waals surface area contributed by atoms with E-state index in [-0.39, 0.29) is 24.9 Å². The monoisotopic (exact) mass is 733 g/mol. The Bertz CT molecular complexity index is 881. The summed E-state index contributed by atoms with van der Waals surface area (Å²) in [6.07, 6.45) is -3.89. The number of hydrogen-bond donors (Lipinski definition) is 0. The Kier molecular flexibility index (Phi) is 22.2. The van der Waals surface area contributed by atoms with E-state index >= 15 is 0 Å². The van der Waals surface area contributed by atoms with Gasteiger partial charge in [0.1, 0.15) is 42.7 Å². The molecule has 0 saturated carbocycles. The molecular formula is C41H80O10. The Morgan fingerprint density at radius 2 is 0.608 bits per heavy atom. The molecular weight excluding hydrogens is 652 g/mol. The van der Waals surface area contributed by atoms with Crippen molar-refractivity contribution >= 4 is 0 Å². The minimum Gasteiger partial charge on any atom is -0.372 e.